The van der Waals surface area contributed by atoms with Gasteiger partial charge in [-0.1, -0.05) is 42.8 Å². The van der Waals surface area contributed by atoms with E-state index in [1.807, 2.05) is 48.5 Å². The standard InChI is InChI=1S/C29H39N3O6/c33-20-21-8-10-22(11-9-21)26-18-25(19-32-16-4-1-5-17-32)37-29(38-26)23-12-14-24(15-13-23)30-27(34)6-2-3-7-28(35)31-36/h8-15,25-26,29,33,36H,1-7,16-20H2,(H,30,34)(H,31,35)/t25-,26+,29+/m1/s1. The summed E-state index contributed by atoms with van der Waals surface area (Å²) in [4.78, 5) is 25.8. The number of nitrogens with one attached hydrogen (secondary N) is 2. The van der Waals surface area contributed by atoms with E-state index in [2.05, 4.69) is 10.2 Å². The van der Waals surface area contributed by atoms with Crippen molar-refractivity contribution >= 4 is 17.5 Å². The van der Waals surface area contributed by atoms with Gasteiger partial charge in [-0.05, 0) is 62.0 Å². The molecule has 2 amide bonds. The van der Waals surface area contributed by atoms with Gasteiger partial charge in [0.05, 0.1) is 18.8 Å². The molecule has 9 heteroatoms. The van der Waals surface area contributed by atoms with Crippen LogP contribution < -0.4 is 10.8 Å². The number of hydrogen-bond donors (Lipinski definition) is 4. The maximum absolute atomic E-state index is 12.3. The third-order valence-corrected chi connectivity index (χ3v) is 7.17. The van der Waals surface area contributed by atoms with Crippen LogP contribution in [0, 0.1) is 0 Å². The summed E-state index contributed by atoms with van der Waals surface area (Å²) in [6, 6.07) is 15.4. The molecule has 0 radical (unpaired) electrons. The van der Waals surface area contributed by atoms with Crippen LogP contribution in [0.5, 0.6) is 0 Å². The van der Waals surface area contributed by atoms with Gasteiger partial charge >= 0.3 is 0 Å². The molecule has 0 spiro atoms. The Hall–Kier alpha value is -2.82. The van der Waals surface area contributed by atoms with E-state index >= 15 is 0 Å². The number of piperidine rings is 1. The summed E-state index contributed by atoms with van der Waals surface area (Å²) < 4.78 is 12.9. The zero-order chi connectivity index (χ0) is 26.7. The molecule has 0 aromatic heterocycles. The predicted octanol–water partition coefficient (Wildman–Crippen LogP) is 4.21. The number of benzene rings is 2. The van der Waals surface area contributed by atoms with E-state index in [9.17, 15) is 14.7 Å². The molecule has 38 heavy (non-hydrogen) atoms. The van der Waals surface area contributed by atoms with Crippen molar-refractivity contribution in [3.8, 4) is 0 Å². The predicted molar refractivity (Wildman–Crippen MR) is 142 cm³/mol. The van der Waals surface area contributed by atoms with Gasteiger partial charge in [0, 0.05) is 37.1 Å². The molecule has 2 saturated heterocycles. The Balaban J connectivity index is 1.38. The van der Waals surface area contributed by atoms with Gasteiger partial charge in [-0.25, -0.2) is 5.48 Å². The highest BCUT2D eigenvalue weighted by molar-refractivity contribution is 5.90. The quantitative estimate of drug-likeness (QED) is 0.197. The fourth-order valence-electron chi connectivity index (χ4n) is 5.04. The first kappa shape index (κ1) is 28.2. The van der Waals surface area contributed by atoms with E-state index in [0.717, 1.165) is 42.7 Å². The van der Waals surface area contributed by atoms with Crippen molar-refractivity contribution in [1.82, 2.24) is 10.4 Å². The molecule has 0 saturated carbocycles. The lowest BCUT2D eigenvalue weighted by atomic mass is 9.99. The number of hydroxylamine groups is 1. The molecule has 0 unspecified atom stereocenters. The minimum atomic E-state index is -0.525. The van der Waals surface area contributed by atoms with Crippen LogP contribution in [0.1, 0.15) is 80.5 Å². The number of aliphatic hydroxyl groups is 1. The smallest absolute Gasteiger partial charge is 0.243 e. The number of aliphatic hydroxyl groups excluding tert-OH is 1. The number of unbranched alkanes of at least 4 members (excludes halogenated alkanes) is 1. The fraction of sp³-hybridized carbons (Fsp3) is 0.517. The van der Waals surface area contributed by atoms with Crippen molar-refractivity contribution in [3.05, 3.63) is 65.2 Å². The molecule has 4 rings (SSSR count). The number of nitrogens with zero attached hydrogens (tertiary/aromatic N) is 1. The van der Waals surface area contributed by atoms with Gasteiger partial charge in [-0.15, -0.1) is 0 Å². The van der Waals surface area contributed by atoms with Crippen molar-refractivity contribution < 1.29 is 29.4 Å². The van der Waals surface area contributed by atoms with Crippen LogP contribution in [0.15, 0.2) is 48.5 Å². The second-order valence-corrected chi connectivity index (χ2v) is 10.1. The number of carbonyl (C=O) groups excluding carboxylic acids is 2. The van der Waals surface area contributed by atoms with E-state index in [1.54, 1.807) is 5.48 Å². The molecule has 2 aromatic carbocycles. The second-order valence-electron chi connectivity index (χ2n) is 10.1. The lowest BCUT2D eigenvalue weighted by molar-refractivity contribution is -0.253. The van der Waals surface area contributed by atoms with Crippen LogP contribution in [-0.2, 0) is 25.7 Å². The normalized spacial score (nSPS) is 22.1. The lowest BCUT2D eigenvalue weighted by Crippen LogP contribution is -2.41. The molecule has 0 aliphatic carbocycles. The summed E-state index contributed by atoms with van der Waals surface area (Å²) in [7, 11) is 0. The number of amides is 2. The average molecular weight is 526 g/mol. The Morgan fingerprint density at radius 2 is 1.53 bits per heavy atom. The van der Waals surface area contributed by atoms with Gasteiger partial charge in [0.1, 0.15) is 0 Å². The van der Waals surface area contributed by atoms with E-state index in [0.29, 0.717) is 24.9 Å². The van der Waals surface area contributed by atoms with Gasteiger partial charge in [0.15, 0.2) is 6.29 Å². The van der Waals surface area contributed by atoms with E-state index in [4.69, 9.17) is 14.7 Å². The third-order valence-electron chi connectivity index (χ3n) is 7.17. The Kier molecular flexibility index (Phi) is 10.7. The topological polar surface area (TPSA) is 120 Å². The van der Waals surface area contributed by atoms with Gasteiger partial charge < -0.3 is 24.8 Å². The van der Waals surface area contributed by atoms with Gasteiger partial charge in [0.25, 0.3) is 0 Å². The van der Waals surface area contributed by atoms with Crippen molar-refractivity contribution in [1.29, 1.82) is 0 Å². The fourth-order valence-corrected chi connectivity index (χ4v) is 5.04. The summed E-state index contributed by atoms with van der Waals surface area (Å²) in [6.45, 7) is 3.09. The Morgan fingerprint density at radius 3 is 2.18 bits per heavy atom. The van der Waals surface area contributed by atoms with Gasteiger partial charge in [0.2, 0.25) is 11.8 Å². The first-order chi connectivity index (χ1) is 18.5. The number of ether oxygens (including phenoxy) is 2. The highest BCUT2D eigenvalue weighted by Crippen LogP contribution is 2.38. The number of anilines is 1. The third kappa shape index (κ3) is 8.34. The molecule has 2 aromatic rings. The largest absolute Gasteiger partial charge is 0.392 e. The minimum Gasteiger partial charge on any atom is -0.392 e. The van der Waals surface area contributed by atoms with E-state index in [1.165, 1.54) is 19.3 Å². The Morgan fingerprint density at radius 1 is 0.868 bits per heavy atom. The van der Waals surface area contributed by atoms with Crippen LogP contribution in [-0.4, -0.2) is 52.8 Å². The molecule has 2 heterocycles. The highest BCUT2D eigenvalue weighted by atomic mass is 16.7. The van der Waals surface area contributed by atoms with Crippen LogP contribution in [0.3, 0.4) is 0 Å². The molecular weight excluding hydrogens is 486 g/mol. The minimum absolute atomic E-state index is 0.0128. The van der Waals surface area contributed by atoms with E-state index in [-0.39, 0.29) is 31.1 Å². The first-order valence-corrected chi connectivity index (χ1v) is 13.6. The molecule has 0 bridgehead atoms. The van der Waals surface area contributed by atoms with Crippen LogP contribution in [0.4, 0.5) is 5.69 Å². The summed E-state index contributed by atoms with van der Waals surface area (Å²) in [5, 5.41) is 20.8. The van der Waals surface area contributed by atoms with Crippen molar-refractivity contribution in [2.75, 3.05) is 25.0 Å². The molecule has 3 atom stereocenters. The summed E-state index contributed by atoms with van der Waals surface area (Å²) >= 11 is 0. The zero-order valence-corrected chi connectivity index (χ0v) is 21.8. The number of likely N-dealkylation sites (tertiary alicyclic amines) is 1. The van der Waals surface area contributed by atoms with Gasteiger partial charge in [-0.3, -0.25) is 14.8 Å². The molecule has 4 N–H and O–H groups in total. The zero-order valence-electron chi connectivity index (χ0n) is 21.8. The molecule has 206 valence electrons. The van der Waals surface area contributed by atoms with Crippen molar-refractivity contribution in [3.63, 3.8) is 0 Å². The maximum Gasteiger partial charge on any atom is 0.243 e. The first-order valence-electron chi connectivity index (χ1n) is 13.6. The van der Waals surface area contributed by atoms with Crippen molar-refractivity contribution in [2.24, 2.45) is 0 Å². The van der Waals surface area contributed by atoms with Crippen LogP contribution in [0.2, 0.25) is 0 Å². The SMILES string of the molecule is O=C(CCCCC(=O)Nc1ccc([C@H]2O[C@@H](CN3CCCCC3)C[C@@H](c3ccc(CO)cc3)O2)cc1)NO. The maximum atomic E-state index is 12.3. The molecule has 2 aliphatic heterocycles. The number of hydrogen-bond acceptors (Lipinski definition) is 7. The van der Waals surface area contributed by atoms with Crippen molar-refractivity contribution in [2.45, 2.75) is 76.5 Å². The number of carbonyl (C=O) groups is 2. The summed E-state index contributed by atoms with van der Waals surface area (Å²) in [5.41, 5.74) is 5.10. The summed E-state index contributed by atoms with van der Waals surface area (Å²) in [5.74, 6) is -0.573. The highest BCUT2D eigenvalue weighted by Gasteiger charge is 2.33. The van der Waals surface area contributed by atoms with Crippen LogP contribution in [0.25, 0.3) is 0 Å². The lowest BCUT2D eigenvalue weighted by Gasteiger charge is -2.39. The average Bonchev–Trinajstić information content (AvgIpc) is 2.96. The van der Waals surface area contributed by atoms with E-state index < -0.39 is 12.2 Å². The number of rotatable bonds is 11. The van der Waals surface area contributed by atoms with Gasteiger partial charge in [-0.2, -0.15) is 0 Å². The molecular formula is C29H39N3O6. The molecule has 2 fully saturated rings. The Bertz CT molecular complexity index is 1020. The monoisotopic (exact) mass is 525 g/mol. The molecule has 9 nitrogen and oxygen atoms in total. The van der Waals surface area contributed by atoms with Crippen LogP contribution >= 0.6 is 0 Å². The Labute approximate surface area is 224 Å². The molecule has 2 aliphatic rings. The summed E-state index contributed by atoms with van der Waals surface area (Å²) in [6.07, 6.45) is 5.45. The second kappa shape index (κ2) is 14.4.